The third-order valence-corrected chi connectivity index (χ3v) is 4.65. The molecule has 0 aliphatic rings. The van der Waals surface area contributed by atoms with Crippen molar-refractivity contribution in [2.75, 3.05) is 14.2 Å². The van der Waals surface area contributed by atoms with E-state index >= 15 is 0 Å². The molecule has 26 heavy (non-hydrogen) atoms. The zero-order valence-electron chi connectivity index (χ0n) is 14.1. The van der Waals surface area contributed by atoms with Crippen LogP contribution in [-0.4, -0.2) is 31.1 Å². The molecule has 0 spiro atoms. The summed E-state index contributed by atoms with van der Waals surface area (Å²) in [6.45, 7) is 1.51. The number of nitrogens with zero attached hydrogens (tertiary/aromatic N) is 1. The van der Waals surface area contributed by atoms with Crippen LogP contribution in [0.15, 0.2) is 40.1 Å². The van der Waals surface area contributed by atoms with Crippen molar-refractivity contribution in [2.45, 2.75) is 16.7 Å². The van der Waals surface area contributed by atoms with Crippen molar-refractivity contribution in [2.24, 2.45) is 0 Å². The molecule has 9 heteroatoms. The summed E-state index contributed by atoms with van der Waals surface area (Å²) < 4.78 is 23.7. The Balaban J connectivity index is 2.58. The lowest BCUT2D eigenvalue weighted by Gasteiger charge is -2.11. The van der Waals surface area contributed by atoms with Crippen LogP contribution in [0.2, 0.25) is 0 Å². The molecule has 0 aliphatic carbocycles. The Morgan fingerprint density at radius 2 is 1.77 bits per heavy atom. The SMILES string of the molecule is COC(=O)c1ccc(Sc2c(C(=O)OC)ccc(C)c2F)c([N+](=O)[O-])c1. The molecule has 0 saturated heterocycles. The highest BCUT2D eigenvalue weighted by atomic mass is 32.2. The third-order valence-electron chi connectivity index (χ3n) is 3.48. The Kier molecular flexibility index (Phi) is 5.93. The van der Waals surface area contributed by atoms with E-state index in [0.717, 1.165) is 20.3 Å². The minimum atomic E-state index is -0.764. The Labute approximate surface area is 152 Å². The summed E-state index contributed by atoms with van der Waals surface area (Å²) in [7, 11) is 2.31. The Bertz CT molecular complexity index is 899. The lowest BCUT2D eigenvalue weighted by molar-refractivity contribution is -0.387. The topological polar surface area (TPSA) is 95.7 Å². The fourth-order valence-electron chi connectivity index (χ4n) is 2.13. The molecule has 0 bridgehead atoms. The molecule has 2 aromatic rings. The Morgan fingerprint density at radius 1 is 1.12 bits per heavy atom. The third kappa shape index (κ3) is 3.83. The smallest absolute Gasteiger partial charge is 0.339 e. The van der Waals surface area contributed by atoms with Crippen LogP contribution in [0, 0.1) is 22.9 Å². The summed E-state index contributed by atoms with van der Waals surface area (Å²) in [6, 6.07) is 6.48. The lowest BCUT2D eigenvalue weighted by atomic mass is 10.1. The highest BCUT2D eigenvalue weighted by Gasteiger charge is 2.24. The molecule has 0 unspecified atom stereocenters. The average molecular weight is 379 g/mol. The zero-order chi connectivity index (χ0) is 19.4. The van der Waals surface area contributed by atoms with E-state index in [4.69, 9.17) is 0 Å². The molecule has 0 atom stereocenters. The second-order valence-electron chi connectivity index (χ2n) is 5.10. The molecule has 7 nitrogen and oxygen atoms in total. The standard InChI is InChI=1S/C17H14FNO6S/c1-9-4-6-11(17(21)25-3)15(14(9)18)26-13-7-5-10(16(20)24-2)8-12(13)19(22)23/h4-8H,1-3H3. The minimum Gasteiger partial charge on any atom is -0.465 e. The van der Waals surface area contributed by atoms with Crippen molar-refractivity contribution in [1.29, 1.82) is 0 Å². The van der Waals surface area contributed by atoms with Gasteiger partial charge in [0.05, 0.1) is 40.1 Å². The predicted molar refractivity (Wildman–Crippen MR) is 91.0 cm³/mol. The van der Waals surface area contributed by atoms with Gasteiger partial charge in [-0.05, 0) is 30.7 Å². The van der Waals surface area contributed by atoms with Gasteiger partial charge in [0.25, 0.3) is 5.69 Å². The summed E-state index contributed by atoms with van der Waals surface area (Å²) in [5.41, 5.74) is -0.197. The fraction of sp³-hybridized carbons (Fsp3) is 0.176. The van der Waals surface area contributed by atoms with E-state index in [1.807, 2.05) is 0 Å². The first-order valence-electron chi connectivity index (χ1n) is 7.22. The van der Waals surface area contributed by atoms with Crippen molar-refractivity contribution in [1.82, 2.24) is 0 Å². The molecular weight excluding hydrogens is 365 g/mol. The Morgan fingerprint density at radius 3 is 2.35 bits per heavy atom. The molecule has 0 radical (unpaired) electrons. The van der Waals surface area contributed by atoms with Crippen LogP contribution < -0.4 is 0 Å². The maximum atomic E-state index is 14.6. The molecule has 0 saturated carbocycles. The molecule has 0 aromatic heterocycles. The number of rotatable bonds is 5. The molecule has 0 heterocycles. The van der Waals surface area contributed by atoms with Gasteiger partial charge in [-0.2, -0.15) is 0 Å². The largest absolute Gasteiger partial charge is 0.465 e. The minimum absolute atomic E-state index is 0.0125. The van der Waals surface area contributed by atoms with E-state index in [1.54, 1.807) is 0 Å². The first kappa shape index (κ1) is 19.4. The van der Waals surface area contributed by atoms with Gasteiger partial charge < -0.3 is 9.47 Å². The summed E-state index contributed by atoms with van der Waals surface area (Å²) in [5, 5.41) is 11.4. The Hall–Kier alpha value is -2.94. The van der Waals surface area contributed by atoms with Crippen LogP contribution in [0.4, 0.5) is 10.1 Å². The van der Waals surface area contributed by atoms with Gasteiger partial charge in [-0.25, -0.2) is 14.0 Å². The molecule has 0 N–H and O–H groups in total. The molecule has 0 aliphatic heterocycles. The van der Waals surface area contributed by atoms with Crippen molar-refractivity contribution in [3.63, 3.8) is 0 Å². The number of carbonyl (C=O) groups excluding carboxylic acids is 2. The molecule has 136 valence electrons. The number of nitro groups is 1. The second-order valence-corrected chi connectivity index (χ2v) is 6.15. The van der Waals surface area contributed by atoms with E-state index in [9.17, 15) is 24.1 Å². The quantitative estimate of drug-likeness (QED) is 0.443. The summed E-state index contributed by atoms with van der Waals surface area (Å²) in [6.07, 6.45) is 0. The summed E-state index contributed by atoms with van der Waals surface area (Å²) in [5.74, 6) is -2.17. The second kappa shape index (κ2) is 7.96. The fourth-order valence-corrected chi connectivity index (χ4v) is 3.23. The van der Waals surface area contributed by atoms with Crippen LogP contribution >= 0.6 is 11.8 Å². The number of esters is 2. The highest BCUT2D eigenvalue weighted by molar-refractivity contribution is 7.99. The number of aryl methyl sites for hydroxylation is 1. The zero-order valence-corrected chi connectivity index (χ0v) is 14.9. The van der Waals surface area contributed by atoms with Crippen LogP contribution in [0.1, 0.15) is 26.3 Å². The maximum absolute atomic E-state index is 14.6. The van der Waals surface area contributed by atoms with Crippen LogP contribution in [0.5, 0.6) is 0 Å². The molecule has 2 rings (SSSR count). The molecular formula is C17H14FNO6S. The van der Waals surface area contributed by atoms with Gasteiger partial charge in [0.1, 0.15) is 5.82 Å². The molecule has 0 amide bonds. The van der Waals surface area contributed by atoms with Crippen molar-refractivity contribution in [3.8, 4) is 0 Å². The normalized spacial score (nSPS) is 10.3. The van der Waals surface area contributed by atoms with Crippen molar-refractivity contribution in [3.05, 3.63) is 63.0 Å². The number of carbonyl (C=O) groups is 2. The van der Waals surface area contributed by atoms with Gasteiger partial charge >= 0.3 is 11.9 Å². The van der Waals surface area contributed by atoms with E-state index in [-0.39, 0.29) is 26.5 Å². The summed E-state index contributed by atoms with van der Waals surface area (Å²) in [4.78, 5) is 34.1. The van der Waals surface area contributed by atoms with Gasteiger partial charge in [-0.3, -0.25) is 10.1 Å². The number of nitro benzene ring substituents is 1. The van der Waals surface area contributed by atoms with E-state index < -0.39 is 28.4 Å². The molecule has 0 fully saturated rings. The lowest BCUT2D eigenvalue weighted by Crippen LogP contribution is -2.06. The van der Waals surface area contributed by atoms with Gasteiger partial charge in [0.2, 0.25) is 0 Å². The highest BCUT2D eigenvalue weighted by Crippen LogP contribution is 2.39. The maximum Gasteiger partial charge on any atom is 0.339 e. The van der Waals surface area contributed by atoms with Crippen molar-refractivity contribution < 1.29 is 28.4 Å². The van der Waals surface area contributed by atoms with Crippen molar-refractivity contribution >= 4 is 29.4 Å². The number of hydrogen-bond acceptors (Lipinski definition) is 7. The molecule has 2 aromatic carbocycles. The number of ether oxygens (including phenoxy) is 2. The number of benzene rings is 2. The van der Waals surface area contributed by atoms with Gasteiger partial charge in [0.15, 0.2) is 0 Å². The van der Waals surface area contributed by atoms with Crippen LogP contribution in [-0.2, 0) is 9.47 Å². The number of hydrogen-bond donors (Lipinski definition) is 0. The average Bonchev–Trinajstić information content (AvgIpc) is 2.64. The first-order valence-corrected chi connectivity index (χ1v) is 8.03. The van der Waals surface area contributed by atoms with E-state index in [0.29, 0.717) is 11.8 Å². The van der Waals surface area contributed by atoms with Gasteiger partial charge in [-0.15, -0.1) is 0 Å². The summed E-state index contributed by atoms with van der Waals surface area (Å²) >= 11 is 0.712. The van der Waals surface area contributed by atoms with E-state index in [2.05, 4.69) is 9.47 Å². The number of halogens is 1. The van der Waals surface area contributed by atoms with Crippen LogP contribution in [0.3, 0.4) is 0 Å². The monoisotopic (exact) mass is 379 g/mol. The van der Waals surface area contributed by atoms with Gasteiger partial charge in [-0.1, -0.05) is 17.8 Å². The first-order chi connectivity index (χ1) is 12.3. The predicted octanol–water partition coefficient (Wildman–Crippen LogP) is 3.77. The van der Waals surface area contributed by atoms with Gasteiger partial charge in [0, 0.05) is 6.07 Å². The van der Waals surface area contributed by atoms with E-state index in [1.165, 1.54) is 31.2 Å². The number of methoxy groups -OCH3 is 2. The van der Waals surface area contributed by atoms with Crippen LogP contribution in [0.25, 0.3) is 0 Å².